The number of hydrogen-bond donors (Lipinski definition) is 0. The van der Waals surface area contributed by atoms with Crippen molar-refractivity contribution in [3.8, 4) is 0 Å². The molecule has 2 saturated heterocycles. The highest BCUT2D eigenvalue weighted by molar-refractivity contribution is 14.1. The van der Waals surface area contributed by atoms with Gasteiger partial charge in [-0.1, -0.05) is 30.3 Å². The summed E-state index contributed by atoms with van der Waals surface area (Å²) < 4.78 is 85.2. The molecule has 8 nitrogen and oxygen atoms in total. The first-order valence-electron chi connectivity index (χ1n) is 16.3. The van der Waals surface area contributed by atoms with Gasteiger partial charge in [0.1, 0.15) is 17.5 Å². The van der Waals surface area contributed by atoms with Crippen LogP contribution >= 0.6 is 67.8 Å². The average molecular weight is 1060 g/mol. The van der Waals surface area contributed by atoms with Gasteiger partial charge in [-0.25, -0.2) is 13.2 Å². The Morgan fingerprint density at radius 2 is 1.17 bits per heavy atom. The third-order valence-electron chi connectivity index (χ3n) is 7.13. The maximum absolute atomic E-state index is 13.2. The molecule has 17 heteroatoms. The molecule has 2 heterocycles. The van der Waals surface area contributed by atoms with Crippen LogP contribution in [0.4, 0.5) is 13.2 Å². The molecule has 4 aromatic carbocycles. The lowest BCUT2D eigenvalue weighted by atomic mass is 9.94. The summed E-state index contributed by atoms with van der Waals surface area (Å²) in [5, 5.41) is 0. The molecular formula is C35H37B3F3I3O8. The summed E-state index contributed by atoms with van der Waals surface area (Å²) in [5.41, 5.74) is 3.49. The van der Waals surface area contributed by atoms with Crippen molar-refractivity contribution >= 4 is 89.5 Å². The van der Waals surface area contributed by atoms with Gasteiger partial charge in [-0.2, -0.15) is 0 Å². The third kappa shape index (κ3) is 15.5. The fourth-order valence-electron chi connectivity index (χ4n) is 4.65. The second-order valence-corrected chi connectivity index (χ2v) is 15.1. The van der Waals surface area contributed by atoms with Crippen LogP contribution in [0.2, 0.25) is 6.82 Å². The van der Waals surface area contributed by atoms with Gasteiger partial charge in [0, 0.05) is 16.8 Å². The van der Waals surface area contributed by atoms with E-state index in [1.165, 1.54) is 36.4 Å². The molecule has 0 saturated carbocycles. The number of hydrogen-bond acceptors (Lipinski definition) is 8. The van der Waals surface area contributed by atoms with Gasteiger partial charge in [0.2, 0.25) is 0 Å². The topological polar surface area (TPSA) is 73.8 Å². The van der Waals surface area contributed by atoms with Crippen LogP contribution < -0.4 is 0 Å². The van der Waals surface area contributed by atoms with E-state index in [1.54, 1.807) is 18.2 Å². The fraction of sp³-hybridized carbons (Fsp3) is 0.314. The van der Waals surface area contributed by atoms with E-state index < -0.39 is 14.6 Å². The molecule has 2 fully saturated rings. The molecule has 4 aromatic rings. The Kier molecular flexibility index (Phi) is 19.2. The largest absolute Gasteiger partial charge is 0.640 e. The molecule has 52 heavy (non-hydrogen) atoms. The van der Waals surface area contributed by atoms with Crippen LogP contribution in [0.5, 0.6) is 0 Å². The van der Waals surface area contributed by atoms with Crippen molar-refractivity contribution in [2.45, 2.75) is 52.7 Å². The molecule has 0 radical (unpaired) electrons. The lowest BCUT2D eigenvalue weighted by molar-refractivity contribution is 0.153. The van der Waals surface area contributed by atoms with Crippen LogP contribution in [0, 0.1) is 28.2 Å². The highest BCUT2D eigenvalue weighted by Gasteiger charge is 2.35. The van der Waals surface area contributed by atoms with Crippen LogP contribution in [0.3, 0.4) is 0 Å². The summed E-state index contributed by atoms with van der Waals surface area (Å²) in [5.74, 6) is -0.775. The fourth-order valence-corrected chi connectivity index (χ4v) is 6.12. The Balaban J connectivity index is 0.000000178. The summed E-state index contributed by atoms with van der Waals surface area (Å²) in [4.78, 5) is 0. The van der Waals surface area contributed by atoms with Crippen LogP contribution in [0.25, 0.3) is 0 Å². The van der Waals surface area contributed by atoms with E-state index >= 15 is 0 Å². The monoisotopic (exact) mass is 1060 g/mol. The molecule has 0 aliphatic carbocycles. The predicted molar refractivity (Wildman–Crippen MR) is 219 cm³/mol. The lowest BCUT2D eigenvalue weighted by Crippen LogP contribution is -2.22. The maximum Gasteiger partial charge on any atom is 0.640 e. The molecule has 0 N–H and O–H groups in total. The zero-order valence-electron chi connectivity index (χ0n) is 28.7. The zero-order chi connectivity index (χ0) is 37.5. The van der Waals surface area contributed by atoms with Gasteiger partial charge < -0.3 is 37.2 Å². The molecule has 1 unspecified atom stereocenters. The van der Waals surface area contributed by atoms with Crippen LogP contribution in [0.1, 0.15) is 42.2 Å². The number of halogens is 6. The van der Waals surface area contributed by atoms with E-state index in [-0.39, 0.29) is 43.4 Å². The summed E-state index contributed by atoms with van der Waals surface area (Å²) in [6, 6.07) is 23.7. The SMILES string of the molecule is CB(OCc1cc(F)ccc1I)OC(C)C.Fc1ccc(I)c(COB2OCC(c3ccccc3)O2)c1.Fc1ccc(I)c(COB2OCCO2)c1. The number of rotatable bonds is 12. The van der Waals surface area contributed by atoms with Crippen molar-refractivity contribution in [1.29, 1.82) is 0 Å². The first kappa shape index (κ1) is 43.5. The Bertz CT molecular complexity index is 1680. The van der Waals surface area contributed by atoms with Crippen molar-refractivity contribution in [2.75, 3.05) is 19.8 Å². The Morgan fingerprint density at radius 3 is 1.67 bits per heavy atom. The molecule has 276 valence electrons. The highest BCUT2D eigenvalue weighted by atomic mass is 127. The van der Waals surface area contributed by atoms with E-state index in [9.17, 15) is 13.2 Å². The average Bonchev–Trinajstić information content (AvgIpc) is 3.83. The second-order valence-electron chi connectivity index (χ2n) is 11.6. The van der Waals surface area contributed by atoms with Gasteiger partial charge in [0.15, 0.2) is 0 Å². The van der Waals surface area contributed by atoms with E-state index in [0.29, 0.717) is 33.0 Å². The van der Waals surface area contributed by atoms with Gasteiger partial charge in [0.25, 0.3) is 0 Å². The van der Waals surface area contributed by atoms with E-state index in [1.807, 2.05) is 51.0 Å². The minimum absolute atomic E-state index is 0.122. The zero-order valence-corrected chi connectivity index (χ0v) is 35.2. The molecule has 2 aliphatic rings. The highest BCUT2D eigenvalue weighted by Crippen LogP contribution is 2.26. The minimum atomic E-state index is -0.714. The van der Waals surface area contributed by atoms with Crippen molar-refractivity contribution in [2.24, 2.45) is 0 Å². The summed E-state index contributed by atoms with van der Waals surface area (Å²) in [6.07, 6.45) is 0.00404. The smallest absolute Gasteiger partial charge is 0.409 e. The van der Waals surface area contributed by atoms with Crippen LogP contribution in [-0.2, 0) is 57.1 Å². The first-order valence-corrected chi connectivity index (χ1v) is 19.6. The molecular weight excluding hydrogens is 1020 g/mol. The maximum atomic E-state index is 13.2. The van der Waals surface area contributed by atoms with E-state index in [4.69, 9.17) is 37.2 Å². The van der Waals surface area contributed by atoms with Gasteiger partial charge >= 0.3 is 21.8 Å². The van der Waals surface area contributed by atoms with Crippen molar-refractivity contribution in [3.63, 3.8) is 0 Å². The second kappa shape index (κ2) is 23.0. The van der Waals surface area contributed by atoms with Gasteiger partial charge in [-0.05, 0) is 165 Å². The molecule has 0 bridgehead atoms. The van der Waals surface area contributed by atoms with Crippen molar-refractivity contribution in [3.05, 3.63) is 135 Å². The van der Waals surface area contributed by atoms with Crippen LogP contribution in [0.15, 0.2) is 84.9 Å². The Morgan fingerprint density at radius 1 is 0.692 bits per heavy atom. The summed E-state index contributed by atoms with van der Waals surface area (Å²) in [7, 11) is -1.60. The van der Waals surface area contributed by atoms with Gasteiger partial charge in [-0.15, -0.1) is 0 Å². The molecule has 2 aliphatic heterocycles. The Labute approximate surface area is 345 Å². The first-order chi connectivity index (χ1) is 25.0. The Hall–Kier alpha value is -1.27. The number of benzene rings is 4. The van der Waals surface area contributed by atoms with Gasteiger partial charge in [-0.3, -0.25) is 0 Å². The van der Waals surface area contributed by atoms with Crippen molar-refractivity contribution in [1.82, 2.24) is 0 Å². The molecule has 0 spiro atoms. The van der Waals surface area contributed by atoms with E-state index in [0.717, 1.165) is 33.0 Å². The molecule has 1 atom stereocenters. The standard InChI is InChI=1S/C15H13BFIO3.C11H15BFIO2.C9H9BFIO3/c17-13-6-7-14(18)12(8-13)9-19-16-20-10-15(21-16)11-4-2-1-3-5-11;1-8(2)16-12(3)15-7-9-6-10(13)4-5-11(9)14;11-8-1-2-9(12)7(5-8)6-15-10-13-3-4-14-10/h1-8,15H,9-10H2;4-6,8H,7H2,1-3H3;1-2,5H,3-4,6H2. The molecule has 6 rings (SSSR count). The predicted octanol–water partition coefficient (Wildman–Crippen LogP) is 9.19. The van der Waals surface area contributed by atoms with E-state index in [2.05, 4.69) is 67.8 Å². The minimum Gasteiger partial charge on any atom is -0.409 e. The quantitative estimate of drug-likeness (QED) is 0.103. The molecule has 0 aromatic heterocycles. The summed E-state index contributed by atoms with van der Waals surface area (Å²) in [6.45, 7) is 8.20. The van der Waals surface area contributed by atoms with Gasteiger partial charge in [0.05, 0.1) is 45.7 Å². The van der Waals surface area contributed by atoms with Crippen molar-refractivity contribution < 1.29 is 50.4 Å². The summed E-state index contributed by atoms with van der Waals surface area (Å²) >= 11 is 6.45. The van der Waals surface area contributed by atoms with Crippen LogP contribution in [-0.4, -0.2) is 47.7 Å². The molecule has 0 amide bonds. The third-order valence-corrected chi connectivity index (χ3v) is 10.3. The normalized spacial score (nSPS) is 15.3. The lowest BCUT2D eigenvalue weighted by Gasteiger charge is -2.14.